The Kier molecular flexibility index (Phi) is 6.06. The number of likely N-dealkylation sites (tertiary alicyclic amines) is 1. The van der Waals surface area contributed by atoms with Crippen LogP contribution in [0.25, 0.3) is 11.4 Å². The maximum absolute atomic E-state index is 12.5. The Bertz CT molecular complexity index is 917. The summed E-state index contributed by atoms with van der Waals surface area (Å²) in [5.41, 5.74) is 1.91. The van der Waals surface area contributed by atoms with Crippen molar-refractivity contribution in [1.29, 1.82) is 0 Å². The van der Waals surface area contributed by atoms with E-state index in [2.05, 4.69) is 30.5 Å². The number of hydrogen-bond donors (Lipinski definition) is 2. The Morgan fingerprint density at radius 2 is 2.14 bits per heavy atom. The van der Waals surface area contributed by atoms with E-state index in [0.717, 1.165) is 30.5 Å². The molecule has 3 aromatic heterocycles. The lowest BCUT2D eigenvalue weighted by Gasteiger charge is -2.32. The molecule has 4 rings (SSSR count). The van der Waals surface area contributed by atoms with Crippen molar-refractivity contribution in [2.75, 3.05) is 13.1 Å². The number of nitrogens with zero attached hydrogens (tertiary/aromatic N) is 5. The summed E-state index contributed by atoms with van der Waals surface area (Å²) in [4.78, 5) is 26.8. The van der Waals surface area contributed by atoms with Crippen LogP contribution in [0.4, 0.5) is 4.79 Å². The minimum atomic E-state index is -0.124. The van der Waals surface area contributed by atoms with Gasteiger partial charge in [-0.15, -0.1) is 0 Å². The van der Waals surface area contributed by atoms with Crippen LogP contribution in [-0.2, 0) is 17.9 Å². The molecule has 0 unspecified atom stereocenters. The van der Waals surface area contributed by atoms with Gasteiger partial charge < -0.3 is 15.0 Å². The summed E-state index contributed by atoms with van der Waals surface area (Å²) >= 11 is 0. The fourth-order valence-corrected chi connectivity index (χ4v) is 3.23. The van der Waals surface area contributed by atoms with E-state index >= 15 is 0 Å². The first-order chi connectivity index (χ1) is 14.3. The van der Waals surface area contributed by atoms with Gasteiger partial charge in [-0.05, 0) is 36.6 Å². The van der Waals surface area contributed by atoms with Gasteiger partial charge in [-0.2, -0.15) is 5.10 Å². The van der Waals surface area contributed by atoms with E-state index < -0.39 is 0 Å². The molecule has 2 amide bonds. The van der Waals surface area contributed by atoms with Crippen LogP contribution < -0.4 is 5.32 Å². The summed E-state index contributed by atoms with van der Waals surface area (Å²) in [5.74, 6) is 1.19. The van der Waals surface area contributed by atoms with Crippen LogP contribution in [0.15, 0.2) is 49.1 Å². The molecule has 0 radical (unpaired) electrons. The van der Waals surface area contributed by atoms with Gasteiger partial charge in [-0.1, -0.05) is 6.07 Å². The zero-order valence-electron chi connectivity index (χ0n) is 16.0. The molecule has 1 saturated heterocycles. The first-order valence-corrected chi connectivity index (χ1v) is 9.63. The molecule has 0 bridgehead atoms. The number of amides is 2. The average Bonchev–Trinajstić information content (AvgIpc) is 3.27. The summed E-state index contributed by atoms with van der Waals surface area (Å²) in [7, 11) is 0. The molecular weight excluding hydrogens is 370 g/mol. The normalized spacial score (nSPS) is 16.6. The number of carbonyl (C=O) groups excluding carboxylic acids is 1. The minimum absolute atomic E-state index is 0.0262. The van der Waals surface area contributed by atoms with Crippen LogP contribution >= 0.6 is 0 Å². The number of urea groups is 1. The second kappa shape index (κ2) is 9.24. The highest BCUT2D eigenvalue weighted by atomic mass is 16.5. The standard InChI is InChI=1S/C20H23N7O2/c28-20(23-12-18-24-19(26-25-18)16-5-8-21-9-6-16)27-10-2-4-17(13-27)29-14-15-3-1-7-22-11-15/h1,3,5-9,11,17H,2,4,10,12-14H2,(H,23,28)(H,24,25,26)/t17-/m1/s1. The third kappa shape index (κ3) is 5.14. The molecule has 0 spiro atoms. The van der Waals surface area contributed by atoms with E-state index in [1.807, 2.05) is 24.3 Å². The van der Waals surface area contributed by atoms with Gasteiger partial charge in [0.1, 0.15) is 5.82 Å². The van der Waals surface area contributed by atoms with E-state index in [4.69, 9.17) is 4.74 Å². The number of pyridine rings is 2. The molecular formula is C20H23N7O2. The number of aromatic amines is 1. The van der Waals surface area contributed by atoms with E-state index in [1.54, 1.807) is 29.7 Å². The molecule has 9 nitrogen and oxygen atoms in total. The zero-order chi connectivity index (χ0) is 19.9. The molecule has 9 heteroatoms. The maximum Gasteiger partial charge on any atom is 0.317 e. The highest BCUT2D eigenvalue weighted by Crippen LogP contribution is 2.16. The van der Waals surface area contributed by atoms with Crippen molar-refractivity contribution in [3.8, 4) is 11.4 Å². The van der Waals surface area contributed by atoms with E-state index in [9.17, 15) is 4.79 Å². The third-order valence-electron chi connectivity index (χ3n) is 4.75. The largest absolute Gasteiger partial charge is 0.372 e. The Morgan fingerprint density at radius 3 is 2.97 bits per heavy atom. The van der Waals surface area contributed by atoms with Crippen LogP contribution in [0.2, 0.25) is 0 Å². The van der Waals surface area contributed by atoms with Gasteiger partial charge in [0.2, 0.25) is 0 Å². The Labute approximate surface area is 168 Å². The van der Waals surface area contributed by atoms with Crippen molar-refractivity contribution in [3.05, 3.63) is 60.4 Å². The summed E-state index contributed by atoms with van der Waals surface area (Å²) in [6.07, 6.45) is 8.81. The first kappa shape index (κ1) is 19.0. The molecule has 3 aromatic rings. The molecule has 29 heavy (non-hydrogen) atoms. The monoisotopic (exact) mass is 393 g/mol. The number of aromatic nitrogens is 5. The minimum Gasteiger partial charge on any atom is -0.372 e. The van der Waals surface area contributed by atoms with Crippen LogP contribution in [0.3, 0.4) is 0 Å². The van der Waals surface area contributed by atoms with Crippen LogP contribution in [0.1, 0.15) is 24.2 Å². The zero-order valence-corrected chi connectivity index (χ0v) is 16.0. The second-order valence-electron chi connectivity index (χ2n) is 6.88. The predicted octanol–water partition coefficient (Wildman–Crippen LogP) is 2.15. The molecule has 0 saturated carbocycles. The molecule has 4 heterocycles. The highest BCUT2D eigenvalue weighted by Gasteiger charge is 2.24. The van der Waals surface area contributed by atoms with E-state index in [0.29, 0.717) is 24.8 Å². The molecule has 0 aromatic carbocycles. The number of carbonyl (C=O) groups is 1. The summed E-state index contributed by atoms with van der Waals surface area (Å²) < 4.78 is 5.97. The molecule has 2 N–H and O–H groups in total. The van der Waals surface area contributed by atoms with Gasteiger partial charge in [-0.25, -0.2) is 9.78 Å². The van der Waals surface area contributed by atoms with Gasteiger partial charge in [0.15, 0.2) is 5.82 Å². The van der Waals surface area contributed by atoms with Gasteiger partial charge >= 0.3 is 6.03 Å². The molecule has 1 atom stereocenters. The summed E-state index contributed by atoms with van der Waals surface area (Å²) in [5, 5.41) is 9.96. The second-order valence-corrected chi connectivity index (χ2v) is 6.88. The van der Waals surface area contributed by atoms with Crippen LogP contribution in [0.5, 0.6) is 0 Å². The fraction of sp³-hybridized carbons (Fsp3) is 0.350. The third-order valence-corrected chi connectivity index (χ3v) is 4.75. The van der Waals surface area contributed by atoms with Gasteiger partial charge in [-0.3, -0.25) is 15.1 Å². The number of piperidine rings is 1. The van der Waals surface area contributed by atoms with Gasteiger partial charge in [0.05, 0.1) is 19.3 Å². The lowest BCUT2D eigenvalue weighted by Crippen LogP contribution is -2.47. The van der Waals surface area contributed by atoms with Gasteiger partial charge in [0.25, 0.3) is 0 Å². The summed E-state index contributed by atoms with van der Waals surface area (Å²) in [6.45, 7) is 2.08. The number of rotatable bonds is 6. The molecule has 1 aliphatic heterocycles. The molecule has 1 aliphatic rings. The Morgan fingerprint density at radius 1 is 1.24 bits per heavy atom. The van der Waals surface area contributed by atoms with Crippen LogP contribution in [-0.4, -0.2) is 55.3 Å². The number of ether oxygens (including phenoxy) is 1. The molecule has 150 valence electrons. The number of H-pyrrole nitrogens is 1. The van der Waals surface area contributed by atoms with E-state index in [-0.39, 0.29) is 18.7 Å². The topological polar surface area (TPSA) is 109 Å². The number of hydrogen-bond acceptors (Lipinski definition) is 6. The van der Waals surface area contributed by atoms with Crippen LogP contribution in [0, 0.1) is 0 Å². The first-order valence-electron chi connectivity index (χ1n) is 9.63. The van der Waals surface area contributed by atoms with Gasteiger partial charge in [0, 0.05) is 43.4 Å². The SMILES string of the molecule is O=C(NCc1nc(-c2ccncc2)n[nH]1)N1CCC[C@@H](OCc2cccnc2)C1. The average molecular weight is 393 g/mol. The summed E-state index contributed by atoms with van der Waals surface area (Å²) in [6, 6.07) is 7.43. The molecule has 0 aliphatic carbocycles. The highest BCUT2D eigenvalue weighted by molar-refractivity contribution is 5.74. The lowest BCUT2D eigenvalue weighted by atomic mass is 10.1. The smallest absolute Gasteiger partial charge is 0.317 e. The quantitative estimate of drug-likeness (QED) is 0.664. The van der Waals surface area contributed by atoms with Crippen molar-refractivity contribution in [2.45, 2.75) is 32.1 Å². The van der Waals surface area contributed by atoms with Crippen molar-refractivity contribution in [1.82, 2.24) is 35.4 Å². The fourth-order valence-electron chi connectivity index (χ4n) is 3.23. The van der Waals surface area contributed by atoms with Crippen molar-refractivity contribution < 1.29 is 9.53 Å². The van der Waals surface area contributed by atoms with Crippen molar-refractivity contribution in [3.63, 3.8) is 0 Å². The predicted molar refractivity (Wildman–Crippen MR) is 105 cm³/mol. The Balaban J connectivity index is 1.25. The molecule has 1 fully saturated rings. The Hall–Kier alpha value is -3.33. The maximum atomic E-state index is 12.5. The van der Waals surface area contributed by atoms with Crippen molar-refractivity contribution in [2.24, 2.45) is 0 Å². The lowest BCUT2D eigenvalue weighted by molar-refractivity contribution is -0.000472. The number of nitrogens with one attached hydrogen (secondary N) is 2. The van der Waals surface area contributed by atoms with E-state index in [1.165, 1.54) is 0 Å². The van der Waals surface area contributed by atoms with Crippen molar-refractivity contribution >= 4 is 6.03 Å².